The van der Waals surface area contributed by atoms with E-state index in [2.05, 4.69) is 10.3 Å². The lowest BCUT2D eigenvalue weighted by molar-refractivity contribution is -0.120. The number of aromatic nitrogens is 1. The Hall–Kier alpha value is -2.89. The van der Waals surface area contributed by atoms with Crippen LogP contribution in [0.25, 0.3) is 0 Å². The molecule has 6 heteroatoms. The summed E-state index contributed by atoms with van der Waals surface area (Å²) in [6.07, 6.45) is 3.15. The van der Waals surface area contributed by atoms with Crippen molar-refractivity contribution in [2.24, 2.45) is 0 Å². The van der Waals surface area contributed by atoms with Crippen molar-refractivity contribution in [3.63, 3.8) is 0 Å². The van der Waals surface area contributed by atoms with E-state index in [4.69, 9.17) is 4.74 Å². The molecule has 0 spiro atoms. The summed E-state index contributed by atoms with van der Waals surface area (Å²) in [6, 6.07) is 8.84. The summed E-state index contributed by atoms with van der Waals surface area (Å²) in [6.45, 7) is 0.429. The molecule has 1 aliphatic heterocycles. The zero-order valence-electron chi connectivity index (χ0n) is 12.1. The number of benzene rings is 1. The van der Waals surface area contributed by atoms with Gasteiger partial charge in [0, 0.05) is 31.5 Å². The summed E-state index contributed by atoms with van der Waals surface area (Å²) >= 11 is 0. The van der Waals surface area contributed by atoms with E-state index < -0.39 is 0 Å². The molecule has 0 saturated carbocycles. The Balaban J connectivity index is 1.72. The van der Waals surface area contributed by atoms with Gasteiger partial charge in [-0.05, 0) is 29.8 Å². The first-order valence-electron chi connectivity index (χ1n) is 6.85. The molecule has 1 aromatic heterocycles. The van der Waals surface area contributed by atoms with Gasteiger partial charge in [0.05, 0.1) is 5.69 Å². The first-order chi connectivity index (χ1) is 10.6. The number of ether oxygens (including phenoxy) is 1. The maximum atomic E-state index is 12.0. The molecule has 112 valence electrons. The summed E-state index contributed by atoms with van der Waals surface area (Å²) < 4.78 is 5.37. The first-order valence-corrected chi connectivity index (χ1v) is 6.85. The van der Waals surface area contributed by atoms with Crippen LogP contribution in [0.3, 0.4) is 0 Å². The minimum absolute atomic E-state index is 0.0572. The van der Waals surface area contributed by atoms with Gasteiger partial charge in [0.1, 0.15) is 5.75 Å². The van der Waals surface area contributed by atoms with Crippen molar-refractivity contribution in [3.8, 4) is 5.75 Å². The molecule has 0 saturated heterocycles. The number of nitrogens with zero attached hydrogens (tertiary/aromatic N) is 2. The van der Waals surface area contributed by atoms with Crippen LogP contribution in [0.15, 0.2) is 42.7 Å². The maximum absolute atomic E-state index is 12.0. The largest absolute Gasteiger partial charge is 0.482 e. The molecule has 1 aliphatic rings. The number of amides is 2. The Labute approximate surface area is 127 Å². The third kappa shape index (κ3) is 2.76. The molecular weight excluding hydrogens is 282 g/mol. The lowest BCUT2D eigenvalue weighted by Crippen LogP contribution is -2.35. The molecule has 0 unspecified atom stereocenters. The summed E-state index contributed by atoms with van der Waals surface area (Å²) in [7, 11) is 1.71. The van der Waals surface area contributed by atoms with Gasteiger partial charge in [-0.25, -0.2) is 0 Å². The van der Waals surface area contributed by atoms with Crippen LogP contribution < -0.4 is 15.0 Å². The number of likely N-dealkylation sites (N-methyl/N-ethyl adjacent to an activating group) is 1. The first kappa shape index (κ1) is 14.1. The SMILES string of the molecule is CN1C(=O)COc2ccc(CNC(=O)c3ccncc3)cc21. The predicted octanol–water partition coefficient (Wildman–Crippen LogP) is 1.37. The third-order valence-corrected chi connectivity index (χ3v) is 3.51. The molecule has 1 aromatic carbocycles. The Bertz CT molecular complexity index is 716. The van der Waals surface area contributed by atoms with E-state index in [9.17, 15) is 9.59 Å². The van der Waals surface area contributed by atoms with E-state index in [0.29, 0.717) is 23.5 Å². The van der Waals surface area contributed by atoms with Gasteiger partial charge < -0.3 is 15.0 Å². The van der Waals surface area contributed by atoms with Crippen LogP contribution in [0, 0.1) is 0 Å². The van der Waals surface area contributed by atoms with Crippen LogP contribution >= 0.6 is 0 Å². The standard InChI is InChI=1S/C16H15N3O3/c1-19-13-8-11(2-3-14(13)22-10-15(19)20)9-18-16(21)12-4-6-17-7-5-12/h2-8H,9-10H2,1H3,(H,18,21). The zero-order valence-corrected chi connectivity index (χ0v) is 12.1. The smallest absolute Gasteiger partial charge is 0.264 e. The molecule has 2 amide bonds. The van der Waals surface area contributed by atoms with Crippen LogP contribution in [-0.4, -0.2) is 30.5 Å². The van der Waals surface area contributed by atoms with Crippen molar-refractivity contribution in [1.82, 2.24) is 10.3 Å². The van der Waals surface area contributed by atoms with E-state index in [0.717, 1.165) is 5.56 Å². The van der Waals surface area contributed by atoms with Crippen LogP contribution in [0.5, 0.6) is 5.75 Å². The van der Waals surface area contributed by atoms with Gasteiger partial charge >= 0.3 is 0 Å². The van der Waals surface area contributed by atoms with Crippen molar-refractivity contribution in [1.29, 1.82) is 0 Å². The highest BCUT2D eigenvalue weighted by Gasteiger charge is 2.22. The molecule has 1 N–H and O–H groups in total. The second-order valence-electron chi connectivity index (χ2n) is 4.96. The molecular formula is C16H15N3O3. The van der Waals surface area contributed by atoms with E-state index in [1.807, 2.05) is 18.2 Å². The van der Waals surface area contributed by atoms with Crippen LogP contribution in [-0.2, 0) is 11.3 Å². The second kappa shape index (κ2) is 5.85. The minimum Gasteiger partial charge on any atom is -0.482 e. The molecule has 2 heterocycles. The lowest BCUT2D eigenvalue weighted by atomic mass is 10.1. The molecule has 22 heavy (non-hydrogen) atoms. The summed E-state index contributed by atoms with van der Waals surface area (Å²) in [4.78, 5) is 29.1. The topological polar surface area (TPSA) is 71.5 Å². The van der Waals surface area contributed by atoms with Gasteiger partial charge in [-0.1, -0.05) is 6.07 Å². The fraction of sp³-hybridized carbons (Fsp3) is 0.188. The zero-order chi connectivity index (χ0) is 15.5. The number of fused-ring (bicyclic) bond motifs is 1. The van der Waals surface area contributed by atoms with Gasteiger partial charge in [0.15, 0.2) is 6.61 Å². The number of carbonyl (C=O) groups is 2. The van der Waals surface area contributed by atoms with Crippen LogP contribution in [0.4, 0.5) is 5.69 Å². The normalized spacial score (nSPS) is 13.3. The van der Waals surface area contributed by atoms with Crippen LogP contribution in [0.1, 0.15) is 15.9 Å². The Morgan fingerprint density at radius 2 is 2.09 bits per heavy atom. The van der Waals surface area contributed by atoms with E-state index >= 15 is 0 Å². The Kier molecular flexibility index (Phi) is 3.74. The van der Waals surface area contributed by atoms with E-state index in [1.54, 1.807) is 36.5 Å². The highest BCUT2D eigenvalue weighted by atomic mass is 16.5. The molecule has 0 aliphatic carbocycles. The van der Waals surface area contributed by atoms with Gasteiger partial charge in [-0.15, -0.1) is 0 Å². The maximum Gasteiger partial charge on any atom is 0.264 e. The number of rotatable bonds is 3. The van der Waals surface area contributed by atoms with Crippen molar-refractivity contribution in [2.75, 3.05) is 18.6 Å². The number of carbonyl (C=O) groups excluding carboxylic acids is 2. The molecule has 2 aromatic rings. The van der Waals surface area contributed by atoms with E-state index in [1.165, 1.54) is 0 Å². The number of pyridine rings is 1. The third-order valence-electron chi connectivity index (χ3n) is 3.51. The van der Waals surface area contributed by atoms with Crippen molar-refractivity contribution in [3.05, 3.63) is 53.9 Å². The summed E-state index contributed by atoms with van der Waals surface area (Å²) in [5.41, 5.74) is 2.17. The van der Waals surface area contributed by atoms with Gasteiger partial charge in [0.25, 0.3) is 11.8 Å². The van der Waals surface area contributed by atoms with Crippen molar-refractivity contribution in [2.45, 2.75) is 6.54 Å². The number of nitrogens with one attached hydrogen (secondary N) is 1. The molecule has 0 bridgehead atoms. The Morgan fingerprint density at radius 1 is 1.32 bits per heavy atom. The Morgan fingerprint density at radius 3 is 2.86 bits per heavy atom. The number of hydrogen-bond donors (Lipinski definition) is 1. The van der Waals surface area contributed by atoms with Crippen molar-refractivity contribution >= 4 is 17.5 Å². The summed E-state index contributed by atoms with van der Waals surface area (Å²) in [5.74, 6) is 0.414. The highest BCUT2D eigenvalue weighted by molar-refractivity contribution is 5.97. The molecule has 6 nitrogen and oxygen atoms in total. The molecule has 0 radical (unpaired) electrons. The molecule has 0 atom stereocenters. The van der Waals surface area contributed by atoms with Gasteiger partial charge in [0.2, 0.25) is 0 Å². The monoisotopic (exact) mass is 297 g/mol. The highest BCUT2D eigenvalue weighted by Crippen LogP contribution is 2.31. The molecule has 3 rings (SSSR count). The second-order valence-corrected chi connectivity index (χ2v) is 4.96. The predicted molar refractivity (Wildman–Crippen MR) is 80.8 cm³/mol. The minimum atomic E-state index is -0.166. The van der Waals surface area contributed by atoms with Gasteiger partial charge in [-0.3, -0.25) is 14.6 Å². The fourth-order valence-corrected chi connectivity index (χ4v) is 2.22. The average molecular weight is 297 g/mol. The quantitative estimate of drug-likeness (QED) is 0.928. The fourth-order valence-electron chi connectivity index (χ4n) is 2.22. The van der Waals surface area contributed by atoms with E-state index in [-0.39, 0.29) is 18.4 Å². The average Bonchev–Trinajstić information content (AvgIpc) is 2.57. The number of anilines is 1. The molecule has 0 fully saturated rings. The van der Waals surface area contributed by atoms with Crippen LogP contribution in [0.2, 0.25) is 0 Å². The summed E-state index contributed by atoms with van der Waals surface area (Å²) in [5, 5.41) is 2.84. The van der Waals surface area contributed by atoms with Gasteiger partial charge in [-0.2, -0.15) is 0 Å². The lowest BCUT2D eigenvalue weighted by Gasteiger charge is -2.26. The number of hydrogen-bond acceptors (Lipinski definition) is 4. The van der Waals surface area contributed by atoms with Crippen molar-refractivity contribution < 1.29 is 14.3 Å².